The van der Waals surface area contributed by atoms with Crippen molar-refractivity contribution in [2.75, 3.05) is 5.73 Å². The van der Waals surface area contributed by atoms with Gasteiger partial charge in [0.05, 0.1) is 18.0 Å². The second-order valence-electron chi connectivity index (χ2n) is 5.18. The number of H-pyrrole nitrogens is 1. The van der Waals surface area contributed by atoms with Crippen LogP contribution in [0.1, 0.15) is 5.69 Å². The first-order valence-corrected chi connectivity index (χ1v) is 8.34. The molecule has 0 aliphatic carbocycles. The molecule has 0 saturated heterocycles. The molecule has 9 heteroatoms. The first-order chi connectivity index (χ1) is 12.2. The molecule has 0 spiro atoms. The average Bonchev–Trinajstić information content (AvgIpc) is 3.26. The summed E-state index contributed by atoms with van der Waals surface area (Å²) in [7, 11) is 0. The average molecular weight is 348 g/mol. The van der Waals surface area contributed by atoms with Crippen LogP contribution in [0.2, 0.25) is 0 Å². The number of para-hydroxylation sites is 1. The van der Waals surface area contributed by atoms with E-state index in [1.807, 2.05) is 30.3 Å². The zero-order chi connectivity index (χ0) is 17.2. The van der Waals surface area contributed by atoms with E-state index in [1.165, 1.54) is 11.8 Å². The zero-order valence-electron chi connectivity index (χ0n) is 12.9. The number of fused-ring (bicyclic) bond motifs is 1. The first kappa shape index (κ1) is 15.2. The Balaban J connectivity index is 1.64. The lowest BCUT2D eigenvalue weighted by molar-refractivity contribution is 0.859. The summed E-state index contributed by atoms with van der Waals surface area (Å²) >= 11 is 1.50. The molecule has 0 bridgehead atoms. The third-order valence-electron chi connectivity index (χ3n) is 3.55. The summed E-state index contributed by atoms with van der Waals surface area (Å²) in [6, 6.07) is 11.5. The van der Waals surface area contributed by atoms with Gasteiger partial charge < -0.3 is 5.73 Å². The summed E-state index contributed by atoms with van der Waals surface area (Å²) in [5.74, 6) is 0.896. The van der Waals surface area contributed by atoms with Gasteiger partial charge in [-0.05, 0) is 18.2 Å². The van der Waals surface area contributed by atoms with Crippen molar-refractivity contribution in [3.05, 3.63) is 59.7 Å². The van der Waals surface area contributed by atoms with Crippen molar-refractivity contribution >= 4 is 34.4 Å². The molecule has 3 aromatic heterocycles. The number of hydrogen-bond acceptors (Lipinski definition) is 6. The van der Waals surface area contributed by atoms with Crippen LogP contribution in [0.3, 0.4) is 0 Å². The minimum Gasteiger partial charge on any atom is -0.384 e. The van der Waals surface area contributed by atoms with E-state index in [-0.39, 0.29) is 0 Å². The van der Waals surface area contributed by atoms with Crippen LogP contribution >= 0.6 is 11.8 Å². The van der Waals surface area contributed by atoms with Crippen LogP contribution in [-0.4, -0.2) is 30.2 Å². The van der Waals surface area contributed by atoms with Gasteiger partial charge in [-0.3, -0.25) is 4.68 Å². The lowest BCUT2D eigenvalue weighted by Gasteiger charge is -2.02. The molecule has 0 aliphatic heterocycles. The van der Waals surface area contributed by atoms with E-state index in [0.717, 1.165) is 10.6 Å². The number of pyridine rings is 1. The number of rotatable bonds is 4. The molecule has 8 nitrogen and oxygen atoms in total. The molecule has 4 rings (SSSR count). The highest BCUT2D eigenvalue weighted by Crippen LogP contribution is 2.32. The van der Waals surface area contributed by atoms with Crippen molar-refractivity contribution in [3.8, 4) is 5.69 Å². The van der Waals surface area contributed by atoms with Crippen LogP contribution in [0.15, 0.2) is 47.5 Å². The van der Waals surface area contributed by atoms with E-state index in [1.54, 1.807) is 16.9 Å². The maximum absolute atomic E-state index is 7.39. The molecular formula is C16H12N8S. The van der Waals surface area contributed by atoms with Gasteiger partial charge in [0.25, 0.3) is 0 Å². The molecule has 3 N–H and O–H groups in total. The molecule has 0 unspecified atom stereocenters. The van der Waals surface area contributed by atoms with E-state index < -0.39 is 0 Å². The predicted molar refractivity (Wildman–Crippen MR) is 95.5 cm³/mol. The molecular weight excluding hydrogens is 336 g/mol. The molecule has 0 aliphatic rings. The van der Waals surface area contributed by atoms with E-state index in [9.17, 15) is 0 Å². The lowest BCUT2D eigenvalue weighted by atomic mass is 10.3. The number of aromatic nitrogens is 6. The third-order valence-corrected chi connectivity index (χ3v) is 4.59. The minimum atomic E-state index is 0.379. The van der Waals surface area contributed by atoms with E-state index in [2.05, 4.69) is 30.3 Å². The number of anilines is 1. The Bertz CT molecular complexity index is 1080. The number of aromatic amines is 1. The van der Waals surface area contributed by atoms with Gasteiger partial charge in [0.1, 0.15) is 11.3 Å². The quantitative estimate of drug-likeness (QED) is 0.434. The normalized spacial score (nSPS) is 10.8. The van der Waals surface area contributed by atoms with Gasteiger partial charge in [0.15, 0.2) is 0 Å². The van der Waals surface area contributed by atoms with Gasteiger partial charge in [-0.25, -0.2) is 9.83 Å². The van der Waals surface area contributed by atoms with Crippen molar-refractivity contribution < 1.29 is 0 Å². The molecule has 0 fully saturated rings. The predicted octanol–water partition coefficient (Wildman–Crippen LogP) is 2.96. The Labute approximate surface area is 146 Å². The van der Waals surface area contributed by atoms with Crippen molar-refractivity contribution in [2.24, 2.45) is 0 Å². The van der Waals surface area contributed by atoms with Crippen LogP contribution in [0.5, 0.6) is 0 Å². The molecule has 3 heterocycles. The summed E-state index contributed by atoms with van der Waals surface area (Å²) in [4.78, 5) is 8.55. The number of nitrogen functional groups attached to an aromatic ring is 1. The summed E-state index contributed by atoms with van der Waals surface area (Å²) in [5.41, 5.74) is 9.09. The molecule has 25 heavy (non-hydrogen) atoms. The topological polar surface area (TPSA) is 103 Å². The molecule has 122 valence electrons. The standard InChI is InChI=1S/C16H12N8S/c1-18-11-8-24(10-5-3-2-4-6-10)22-12(11)9-25-13-7-14(17)19-16-15(13)20-23-21-16/h2-8H,9H2,(H3,17,19,20,21,23). The van der Waals surface area contributed by atoms with Gasteiger partial charge >= 0.3 is 0 Å². The summed E-state index contributed by atoms with van der Waals surface area (Å²) in [6.07, 6.45) is 1.74. The van der Waals surface area contributed by atoms with Gasteiger partial charge in [-0.2, -0.15) is 15.4 Å². The highest BCUT2D eigenvalue weighted by atomic mass is 32.2. The molecule has 0 saturated carbocycles. The zero-order valence-corrected chi connectivity index (χ0v) is 13.7. The van der Waals surface area contributed by atoms with Gasteiger partial charge in [-0.1, -0.05) is 18.2 Å². The Kier molecular flexibility index (Phi) is 3.80. The van der Waals surface area contributed by atoms with Crippen molar-refractivity contribution in [1.29, 1.82) is 0 Å². The smallest absolute Gasteiger partial charge is 0.228 e. The molecule has 4 aromatic rings. The Morgan fingerprint density at radius 1 is 1.24 bits per heavy atom. The maximum atomic E-state index is 7.39. The number of hydrogen-bond donors (Lipinski definition) is 2. The highest BCUT2D eigenvalue weighted by Gasteiger charge is 2.14. The van der Waals surface area contributed by atoms with E-state index in [0.29, 0.717) is 34.1 Å². The van der Waals surface area contributed by atoms with Crippen molar-refractivity contribution in [1.82, 2.24) is 30.2 Å². The summed E-state index contributed by atoms with van der Waals surface area (Å²) < 4.78 is 1.72. The largest absolute Gasteiger partial charge is 0.384 e. The van der Waals surface area contributed by atoms with Gasteiger partial charge in [0.2, 0.25) is 11.3 Å². The fourth-order valence-electron chi connectivity index (χ4n) is 2.39. The fourth-order valence-corrected chi connectivity index (χ4v) is 3.37. The van der Waals surface area contributed by atoms with Crippen molar-refractivity contribution in [2.45, 2.75) is 10.6 Å². The first-order valence-electron chi connectivity index (χ1n) is 7.36. The van der Waals surface area contributed by atoms with Crippen LogP contribution in [0.4, 0.5) is 11.5 Å². The van der Waals surface area contributed by atoms with Gasteiger partial charge in [0, 0.05) is 16.8 Å². The molecule has 0 atom stereocenters. The Hall–Kier alpha value is -3.38. The molecule has 1 aromatic carbocycles. The highest BCUT2D eigenvalue weighted by molar-refractivity contribution is 7.98. The number of nitrogens with zero attached hydrogens (tertiary/aromatic N) is 6. The van der Waals surface area contributed by atoms with Crippen molar-refractivity contribution in [3.63, 3.8) is 0 Å². The Morgan fingerprint density at radius 2 is 2.08 bits per heavy atom. The third kappa shape index (κ3) is 2.90. The van der Waals surface area contributed by atoms with Crippen LogP contribution in [0.25, 0.3) is 21.7 Å². The number of nitrogens with two attached hydrogens (primary N) is 1. The van der Waals surface area contributed by atoms with Gasteiger partial charge in [-0.15, -0.1) is 16.9 Å². The number of benzene rings is 1. The summed E-state index contributed by atoms with van der Waals surface area (Å²) in [6.45, 7) is 7.39. The summed E-state index contributed by atoms with van der Waals surface area (Å²) in [5, 5.41) is 15.2. The van der Waals surface area contributed by atoms with E-state index in [4.69, 9.17) is 12.3 Å². The molecule has 0 radical (unpaired) electrons. The lowest BCUT2D eigenvalue weighted by Crippen LogP contribution is -1.95. The maximum Gasteiger partial charge on any atom is 0.228 e. The molecule has 0 amide bonds. The SMILES string of the molecule is [C-]#[N+]c1cn(-c2ccccc2)nc1CSc1cc(N)nc2n[nH]nc12. The Morgan fingerprint density at radius 3 is 2.88 bits per heavy atom. The fraction of sp³-hybridized carbons (Fsp3) is 0.0625. The second kappa shape index (κ2) is 6.26. The number of thioether (sulfide) groups is 1. The van der Waals surface area contributed by atoms with E-state index >= 15 is 0 Å². The van der Waals surface area contributed by atoms with Crippen LogP contribution in [-0.2, 0) is 5.75 Å². The number of nitrogens with one attached hydrogen (secondary N) is 1. The minimum absolute atomic E-state index is 0.379. The van der Waals surface area contributed by atoms with Crippen LogP contribution in [0, 0.1) is 6.57 Å². The monoisotopic (exact) mass is 348 g/mol. The van der Waals surface area contributed by atoms with Crippen LogP contribution < -0.4 is 5.73 Å². The second-order valence-corrected chi connectivity index (χ2v) is 6.20.